The first-order chi connectivity index (χ1) is 15.5. The zero-order valence-corrected chi connectivity index (χ0v) is 20.7. The van der Waals surface area contributed by atoms with Crippen LogP contribution in [-0.4, -0.2) is 31.0 Å². The number of ether oxygens (including phenoxy) is 2. The molecule has 4 N–H and O–H groups in total. The first kappa shape index (κ1) is 27.5. The average Bonchev–Trinajstić information content (AvgIpc) is 3.42. The Bertz CT molecular complexity index is 1130. The normalized spacial score (nSPS) is 14.8. The van der Waals surface area contributed by atoms with Crippen LogP contribution < -0.4 is 20.5 Å². The lowest BCUT2D eigenvalue weighted by atomic mass is 10.1. The van der Waals surface area contributed by atoms with E-state index in [0.29, 0.717) is 36.3 Å². The van der Waals surface area contributed by atoms with Crippen LogP contribution in [0.4, 0.5) is 0 Å². The number of nitrogens with two attached hydrogens (primary N) is 1. The van der Waals surface area contributed by atoms with E-state index in [1.165, 1.54) is 0 Å². The van der Waals surface area contributed by atoms with Crippen LogP contribution in [0.25, 0.3) is 11.0 Å². The summed E-state index contributed by atoms with van der Waals surface area (Å²) < 4.78 is 17.7. The van der Waals surface area contributed by atoms with Gasteiger partial charge in [0.2, 0.25) is 0 Å². The second kappa shape index (κ2) is 12.6. The van der Waals surface area contributed by atoms with E-state index in [-0.39, 0.29) is 42.7 Å². The largest absolute Gasteiger partial charge is 0.489 e. The van der Waals surface area contributed by atoms with Crippen LogP contribution in [0.5, 0.6) is 11.5 Å². The highest BCUT2D eigenvalue weighted by Crippen LogP contribution is 2.29. The van der Waals surface area contributed by atoms with Gasteiger partial charge in [-0.2, -0.15) is 0 Å². The molecule has 2 aromatic carbocycles. The minimum Gasteiger partial charge on any atom is -0.489 e. The first-order valence-electron chi connectivity index (χ1n) is 11.1. The van der Waals surface area contributed by atoms with Crippen molar-refractivity contribution in [3.05, 3.63) is 59.4 Å². The Morgan fingerprint density at radius 3 is 2.71 bits per heavy atom. The quantitative estimate of drug-likeness (QED) is 0.166. The molecule has 1 atom stereocenters. The summed E-state index contributed by atoms with van der Waals surface area (Å²) in [4.78, 5) is 12.2. The topological polar surface area (TPSA) is 111 Å². The number of nitrogens with one attached hydrogen (secondary N) is 2. The number of nitrogen functional groups attached to an aromatic ring is 1. The van der Waals surface area contributed by atoms with Crippen molar-refractivity contribution in [1.29, 1.82) is 5.41 Å². The number of esters is 1. The molecule has 0 bridgehead atoms. The summed E-state index contributed by atoms with van der Waals surface area (Å²) in [6.07, 6.45) is 3.51. The molecule has 0 spiro atoms. The SMILES string of the molecule is CCCC(=O)Oc1cc(O[C@H]2CCNC2)ccc1CCc1cc2cc(C(=N)N)ccc2o1.Cl.Cl. The maximum Gasteiger partial charge on any atom is 0.311 e. The Kier molecular flexibility index (Phi) is 10.2. The van der Waals surface area contributed by atoms with Gasteiger partial charge < -0.3 is 24.9 Å². The zero-order valence-electron chi connectivity index (χ0n) is 19.1. The summed E-state index contributed by atoms with van der Waals surface area (Å²) in [6, 6.07) is 13.1. The summed E-state index contributed by atoms with van der Waals surface area (Å²) in [5, 5.41) is 11.8. The van der Waals surface area contributed by atoms with Crippen LogP contribution in [0.2, 0.25) is 0 Å². The van der Waals surface area contributed by atoms with Gasteiger partial charge in [0.15, 0.2) is 0 Å². The molecule has 0 aliphatic carbocycles. The number of rotatable bonds is 9. The van der Waals surface area contributed by atoms with Gasteiger partial charge in [-0.1, -0.05) is 13.0 Å². The predicted molar refractivity (Wildman–Crippen MR) is 138 cm³/mol. The van der Waals surface area contributed by atoms with Gasteiger partial charge in [-0.25, -0.2) is 0 Å². The van der Waals surface area contributed by atoms with E-state index in [0.717, 1.165) is 48.2 Å². The Labute approximate surface area is 211 Å². The monoisotopic (exact) mass is 507 g/mol. The number of furan rings is 1. The molecule has 1 fully saturated rings. The Hall–Kier alpha value is -2.74. The molecule has 0 radical (unpaired) electrons. The molecule has 1 aliphatic heterocycles. The van der Waals surface area contributed by atoms with E-state index in [1.807, 2.05) is 43.3 Å². The smallest absolute Gasteiger partial charge is 0.311 e. The Morgan fingerprint density at radius 1 is 1.18 bits per heavy atom. The van der Waals surface area contributed by atoms with Crippen LogP contribution in [0.1, 0.15) is 43.1 Å². The standard InChI is InChI=1S/C25H29N3O4.2ClH/c1-2-3-24(29)32-23-14-20(30-21-10-11-28-15-21)8-5-16(23)4-7-19-13-18-12-17(25(26)27)6-9-22(18)31-19;;/h5-6,8-9,12-14,21,28H,2-4,7,10-11,15H2,1H3,(H3,26,27);2*1H/t21-;;/m0../s1. The predicted octanol–water partition coefficient (Wildman–Crippen LogP) is 4.79. The molecular weight excluding hydrogens is 477 g/mol. The Morgan fingerprint density at radius 2 is 2.00 bits per heavy atom. The zero-order chi connectivity index (χ0) is 22.5. The van der Waals surface area contributed by atoms with Gasteiger partial charge in [-0.05, 0) is 61.7 Å². The summed E-state index contributed by atoms with van der Waals surface area (Å²) in [7, 11) is 0. The van der Waals surface area contributed by atoms with Gasteiger partial charge in [0.25, 0.3) is 0 Å². The first-order valence-corrected chi connectivity index (χ1v) is 11.1. The van der Waals surface area contributed by atoms with Gasteiger partial charge in [-0.3, -0.25) is 10.2 Å². The fourth-order valence-electron chi connectivity index (χ4n) is 3.86. The van der Waals surface area contributed by atoms with Gasteiger partial charge in [-0.15, -0.1) is 24.8 Å². The van der Waals surface area contributed by atoms with Crippen LogP contribution in [-0.2, 0) is 17.6 Å². The number of amidine groups is 1. The highest BCUT2D eigenvalue weighted by atomic mass is 35.5. The van der Waals surface area contributed by atoms with Crippen molar-refractivity contribution in [2.75, 3.05) is 13.1 Å². The molecule has 1 aromatic heterocycles. The summed E-state index contributed by atoms with van der Waals surface area (Å²) in [5.74, 6) is 1.87. The lowest BCUT2D eigenvalue weighted by Gasteiger charge is -2.15. The van der Waals surface area contributed by atoms with Crippen molar-refractivity contribution in [3.63, 3.8) is 0 Å². The molecule has 184 valence electrons. The molecule has 2 heterocycles. The molecular formula is C25H31Cl2N3O4. The fraction of sp³-hybridized carbons (Fsp3) is 0.360. The molecule has 4 rings (SSSR count). The molecule has 0 saturated carbocycles. The number of fused-ring (bicyclic) bond motifs is 1. The number of halogens is 2. The lowest BCUT2D eigenvalue weighted by Crippen LogP contribution is -2.19. The summed E-state index contributed by atoms with van der Waals surface area (Å²) in [5.41, 5.74) is 7.94. The number of benzene rings is 2. The third kappa shape index (κ3) is 6.88. The molecule has 1 aliphatic rings. The van der Waals surface area contributed by atoms with Crippen LogP contribution >= 0.6 is 24.8 Å². The maximum absolute atomic E-state index is 12.2. The van der Waals surface area contributed by atoms with Crippen molar-refractivity contribution < 1.29 is 18.7 Å². The van der Waals surface area contributed by atoms with Crippen molar-refractivity contribution in [2.45, 2.75) is 45.1 Å². The van der Waals surface area contributed by atoms with Crippen molar-refractivity contribution in [2.24, 2.45) is 5.73 Å². The number of carbonyl (C=O) groups excluding carboxylic acids is 1. The molecule has 7 nitrogen and oxygen atoms in total. The van der Waals surface area contributed by atoms with Gasteiger partial charge >= 0.3 is 5.97 Å². The highest BCUT2D eigenvalue weighted by Gasteiger charge is 2.18. The molecule has 0 amide bonds. The average molecular weight is 508 g/mol. The molecule has 3 aromatic rings. The molecule has 34 heavy (non-hydrogen) atoms. The lowest BCUT2D eigenvalue weighted by molar-refractivity contribution is -0.134. The van der Waals surface area contributed by atoms with E-state index < -0.39 is 0 Å². The number of aryl methyl sites for hydroxylation is 2. The highest BCUT2D eigenvalue weighted by molar-refractivity contribution is 5.98. The fourth-order valence-corrected chi connectivity index (χ4v) is 3.86. The van der Waals surface area contributed by atoms with E-state index in [2.05, 4.69) is 5.32 Å². The number of hydrogen-bond acceptors (Lipinski definition) is 6. The van der Waals surface area contributed by atoms with E-state index in [4.69, 9.17) is 25.0 Å². The second-order valence-corrected chi connectivity index (χ2v) is 8.11. The van der Waals surface area contributed by atoms with E-state index in [9.17, 15) is 4.79 Å². The van der Waals surface area contributed by atoms with Crippen molar-refractivity contribution >= 4 is 47.6 Å². The van der Waals surface area contributed by atoms with Crippen molar-refractivity contribution in [3.8, 4) is 11.5 Å². The van der Waals surface area contributed by atoms with Gasteiger partial charge in [0, 0.05) is 36.4 Å². The minimum atomic E-state index is -0.242. The van der Waals surface area contributed by atoms with Crippen LogP contribution in [0.15, 0.2) is 46.9 Å². The van der Waals surface area contributed by atoms with E-state index in [1.54, 1.807) is 6.07 Å². The maximum atomic E-state index is 12.2. The molecule has 1 saturated heterocycles. The number of carbonyl (C=O) groups is 1. The summed E-state index contributed by atoms with van der Waals surface area (Å²) in [6.45, 7) is 3.73. The molecule has 0 unspecified atom stereocenters. The van der Waals surface area contributed by atoms with Crippen molar-refractivity contribution in [1.82, 2.24) is 5.32 Å². The van der Waals surface area contributed by atoms with E-state index >= 15 is 0 Å². The third-order valence-corrected chi connectivity index (χ3v) is 5.55. The Balaban J connectivity index is 0.00000204. The number of hydrogen-bond donors (Lipinski definition) is 3. The third-order valence-electron chi connectivity index (χ3n) is 5.55. The van der Waals surface area contributed by atoms with Crippen LogP contribution in [0.3, 0.4) is 0 Å². The van der Waals surface area contributed by atoms with Crippen LogP contribution in [0, 0.1) is 5.41 Å². The molecule has 9 heteroatoms. The summed E-state index contributed by atoms with van der Waals surface area (Å²) >= 11 is 0. The van der Waals surface area contributed by atoms with Gasteiger partial charge in [0.1, 0.15) is 34.8 Å². The second-order valence-electron chi connectivity index (χ2n) is 8.11. The minimum absolute atomic E-state index is 0. The van der Waals surface area contributed by atoms with Gasteiger partial charge in [0.05, 0.1) is 0 Å².